The number of para-hydroxylation sites is 1. The van der Waals surface area contributed by atoms with E-state index in [4.69, 9.17) is 0 Å². The summed E-state index contributed by atoms with van der Waals surface area (Å²) in [5, 5.41) is 3.88. The maximum Gasteiger partial charge on any atom is 0.266 e. The number of amides is 2. The molecule has 0 atom stereocenters. The van der Waals surface area contributed by atoms with E-state index in [1.807, 2.05) is 45.0 Å². The Balaban J connectivity index is 2.11. The van der Waals surface area contributed by atoms with E-state index in [1.165, 1.54) is 11.3 Å². The van der Waals surface area contributed by atoms with Crippen LogP contribution in [0.4, 0.5) is 5.69 Å². The number of rotatable bonds is 8. The fraction of sp³-hybridized carbons (Fsp3) is 0.450. The zero-order valence-corrected chi connectivity index (χ0v) is 16.8. The maximum atomic E-state index is 12.9. The first kappa shape index (κ1) is 20.1. The van der Waals surface area contributed by atoms with Gasteiger partial charge < -0.3 is 10.2 Å². The van der Waals surface area contributed by atoms with Crippen LogP contribution in [0.25, 0.3) is 0 Å². The zero-order valence-electron chi connectivity index (χ0n) is 16.0. The third kappa shape index (κ3) is 5.14. The monoisotopic (exact) mass is 373 g/mol. The molecule has 0 unspecified atom stereocenters. The van der Waals surface area contributed by atoms with Crippen molar-refractivity contribution >= 4 is 28.8 Å². The molecule has 2 amide bonds. The van der Waals surface area contributed by atoms with Crippen LogP contribution in [-0.4, -0.2) is 34.8 Å². The summed E-state index contributed by atoms with van der Waals surface area (Å²) >= 11 is 1.45. The van der Waals surface area contributed by atoms with E-state index in [0.29, 0.717) is 11.4 Å². The molecule has 0 aliphatic rings. The lowest BCUT2D eigenvalue weighted by Gasteiger charge is -2.21. The van der Waals surface area contributed by atoms with Gasteiger partial charge in [-0.25, -0.2) is 4.98 Å². The van der Waals surface area contributed by atoms with Crippen LogP contribution in [0, 0.1) is 13.8 Å². The van der Waals surface area contributed by atoms with Gasteiger partial charge in [0.1, 0.15) is 11.4 Å². The van der Waals surface area contributed by atoms with Crippen LogP contribution in [0.3, 0.4) is 0 Å². The number of carbonyl (C=O) groups is 2. The number of anilines is 1. The predicted octanol–water partition coefficient (Wildman–Crippen LogP) is 4.20. The largest absolute Gasteiger partial charge is 0.329 e. The number of hydrogen-bond acceptors (Lipinski definition) is 4. The number of aryl methyl sites for hydroxylation is 3. The Bertz CT molecular complexity index is 770. The quantitative estimate of drug-likeness (QED) is 0.754. The Morgan fingerprint density at radius 1 is 1.15 bits per heavy atom. The Labute approximate surface area is 159 Å². The highest BCUT2D eigenvalue weighted by Crippen LogP contribution is 2.21. The molecule has 1 N–H and O–H groups in total. The van der Waals surface area contributed by atoms with Gasteiger partial charge in [0.05, 0.1) is 10.7 Å². The first-order chi connectivity index (χ1) is 12.5. The lowest BCUT2D eigenvalue weighted by molar-refractivity contribution is -0.116. The second-order valence-corrected chi connectivity index (χ2v) is 7.45. The molecule has 1 aromatic heterocycles. The first-order valence-electron chi connectivity index (χ1n) is 9.07. The molecule has 0 saturated carbocycles. The van der Waals surface area contributed by atoms with Crippen LogP contribution >= 0.6 is 11.3 Å². The number of carbonyl (C=O) groups excluding carboxylic acids is 2. The van der Waals surface area contributed by atoms with Crippen LogP contribution in [0.2, 0.25) is 0 Å². The second kappa shape index (κ2) is 9.48. The molecule has 0 aliphatic carbocycles. The minimum absolute atomic E-state index is 0.0431. The van der Waals surface area contributed by atoms with Crippen molar-refractivity contribution in [2.24, 2.45) is 0 Å². The van der Waals surface area contributed by atoms with Crippen molar-refractivity contribution in [3.8, 4) is 0 Å². The molecule has 2 rings (SSSR count). The van der Waals surface area contributed by atoms with Gasteiger partial charge in [-0.05, 0) is 44.7 Å². The highest BCUT2D eigenvalue weighted by molar-refractivity contribution is 7.13. The third-order valence-corrected chi connectivity index (χ3v) is 5.24. The summed E-state index contributed by atoms with van der Waals surface area (Å²) in [6.45, 7) is 8.49. The van der Waals surface area contributed by atoms with E-state index >= 15 is 0 Å². The molecular formula is C20H27N3O2S. The van der Waals surface area contributed by atoms with Crippen LogP contribution in [0.15, 0.2) is 24.3 Å². The highest BCUT2D eigenvalue weighted by Gasteiger charge is 2.23. The summed E-state index contributed by atoms with van der Waals surface area (Å²) in [6, 6.07) is 7.62. The molecular weight excluding hydrogens is 346 g/mol. The molecule has 0 radical (unpaired) electrons. The summed E-state index contributed by atoms with van der Waals surface area (Å²) in [5.41, 5.74) is 2.53. The number of nitrogens with zero attached hydrogens (tertiary/aromatic N) is 2. The normalized spacial score (nSPS) is 10.6. The summed E-state index contributed by atoms with van der Waals surface area (Å²) in [7, 11) is 0. The van der Waals surface area contributed by atoms with Crippen LogP contribution in [-0.2, 0) is 11.2 Å². The second-order valence-electron chi connectivity index (χ2n) is 6.36. The summed E-state index contributed by atoms with van der Waals surface area (Å²) in [5.74, 6) is -0.291. The molecule has 140 valence electrons. The average Bonchev–Trinajstić information content (AvgIpc) is 2.96. The number of thiazole rings is 1. The van der Waals surface area contributed by atoms with Gasteiger partial charge in [-0.2, -0.15) is 0 Å². The van der Waals surface area contributed by atoms with Gasteiger partial charge in [-0.15, -0.1) is 11.3 Å². The summed E-state index contributed by atoms with van der Waals surface area (Å²) < 4.78 is 0. The average molecular weight is 374 g/mol. The minimum Gasteiger partial charge on any atom is -0.329 e. The van der Waals surface area contributed by atoms with Crippen molar-refractivity contribution in [2.75, 3.05) is 18.4 Å². The highest BCUT2D eigenvalue weighted by atomic mass is 32.1. The van der Waals surface area contributed by atoms with Gasteiger partial charge >= 0.3 is 0 Å². The van der Waals surface area contributed by atoms with Crippen molar-refractivity contribution in [3.63, 3.8) is 0 Å². The topological polar surface area (TPSA) is 62.3 Å². The van der Waals surface area contributed by atoms with E-state index in [9.17, 15) is 9.59 Å². The Kier molecular flexibility index (Phi) is 7.33. The van der Waals surface area contributed by atoms with Crippen LogP contribution in [0.1, 0.15) is 52.6 Å². The Hall–Kier alpha value is -2.21. The minimum atomic E-state index is -0.183. The van der Waals surface area contributed by atoms with Crippen molar-refractivity contribution in [1.82, 2.24) is 9.88 Å². The molecule has 26 heavy (non-hydrogen) atoms. The molecule has 1 heterocycles. The molecule has 5 nitrogen and oxygen atoms in total. The number of hydrogen-bond donors (Lipinski definition) is 1. The van der Waals surface area contributed by atoms with E-state index in [0.717, 1.165) is 41.2 Å². The molecule has 2 aromatic rings. The van der Waals surface area contributed by atoms with Crippen LogP contribution in [0.5, 0.6) is 0 Å². The van der Waals surface area contributed by atoms with Crippen LogP contribution < -0.4 is 5.32 Å². The molecule has 0 aliphatic heterocycles. The van der Waals surface area contributed by atoms with E-state index in [1.54, 1.807) is 4.90 Å². The molecule has 0 spiro atoms. The predicted molar refractivity (Wildman–Crippen MR) is 107 cm³/mol. The van der Waals surface area contributed by atoms with Crippen molar-refractivity contribution in [2.45, 2.75) is 47.0 Å². The van der Waals surface area contributed by atoms with Gasteiger partial charge in [0.2, 0.25) is 5.91 Å². The molecule has 1 aromatic carbocycles. The molecule has 0 saturated heterocycles. The van der Waals surface area contributed by atoms with E-state index < -0.39 is 0 Å². The molecule has 0 bridgehead atoms. The number of nitrogens with one attached hydrogen (secondary N) is 1. The standard InChI is InChI=1S/C20H27N3O2S/c1-5-9-18-21-15(4)19(26-18)20(25)23(12-6-2)13-17(24)22-16-11-8-7-10-14(16)3/h7-8,10-11H,5-6,9,12-13H2,1-4H3,(H,22,24). The van der Waals surface area contributed by atoms with Crippen molar-refractivity contribution in [3.05, 3.63) is 45.4 Å². The fourth-order valence-electron chi connectivity index (χ4n) is 2.71. The van der Waals surface area contributed by atoms with Gasteiger partial charge in [0.25, 0.3) is 5.91 Å². The van der Waals surface area contributed by atoms with E-state index in [2.05, 4.69) is 17.2 Å². The van der Waals surface area contributed by atoms with Crippen molar-refractivity contribution in [1.29, 1.82) is 0 Å². The lowest BCUT2D eigenvalue weighted by Crippen LogP contribution is -2.38. The number of benzene rings is 1. The van der Waals surface area contributed by atoms with Crippen molar-refractivity contribution < 1.29 is 9.59 Å². The Morgan fingerprint density at radius 3 is 2.54 bits per heavy atom. The lowest BCUT2D eigenvalue weighted by atomic mass is 10.2. The van der Waals surface area contributed by atoms with E-state index in [-0.39, 0.29) is 18.4 Å². The Morgan fingerprint density at radius 2 is 1.88 bits per heavy atom. The smallest absolute Gasteiger partial charge is 0.266 e. The summed E-state index contributed by atoms with van der Waals surface area (Å²) in [4.78, 5) is 32.2. The first-order valence-corrected chi connectivity index (χ1v) is 9.88. The van der Waals surface area contributed by atoms with Gasteiger partial charge in [0, 0.05) is 12.2 Å². The third-order valence-electron chi connectivity index (χ3n) is 4.03. The fourth-order valence-corrected chi connectivity index (χ4v) is 3.85. The molecule has 6 heteroatoms. The number of aromatic nitrogens is 1. The van der Waals surface area contributed by atoms with Gasteiger partial charge in [-0.3, -0.25) is 9.59 Å². The van der Waals surface area contributed by atoms with Gasteiger partial charge in [-0.1, -0.05) is 32.0 Å². The maximum absolute atomic E-state index is 12.9. The SMILES string of the molecule is CCCc1nc(C)c(C(=O)N(CCC)CC(=O)Nc2ccccc2C)s1. The van der Waals surface area contributed by atoms with Gasteiger partial charge in [0.15, 0.2) is 0 Å². The zero-order chi connectivity index (χ0) is 19.1. The molecule has 0 fully saturated rings. The summed E-state index contributed by atoms with van der Waals surface area (Å²) in [6.07, 6.45) is 2.67.